The third kappa shape index (κ3) is 3.60. The molecule has 1 unspecified atom stereocenters. The fourth-order valence-electron chi connectivity index (χ4n) is 5.81. The van der Waals surface area contributed by atoms with Gasteiger partial charge in [-0.3, -0.25) is 4.79 Å². The Hall–Kier alpha value is -4.23. The number of amides is 2. The van der Waals surface area contributed by atoms with Gasteiger partial charge in [0, 0.05) is 36.2 Å². The number of hydrogen-bond donors (Lipinski definition) is 3. The Balaban J connectivity index is 1.41. The van der Waals surface area contributed by atoms with E-state index in [4.69, 9.17) is 5.73 Å². The number of quaternary nitrogens is 1. The molecule has 0 radical (unpaired) electrons. The summed E-state index contributed by atoms with van der Waals surface area (Å²) >= 11 is 0. The molecule has 5 aromatic rings. The molecule has 2 atom stereocenters. The molecule has 3 aromatic carbocycles. The average molecular weight is 479 g/mol. The van der Waals surface area contributed by atoms with Gasteiger partial charge in [0.1, 0.15) is 11.5 Å². The quantitative estimate of drug-likeness (QED) is 0.305. The third-order valence-corrected chi connectivity index (χ3v) is 7.46. The highest BCUT2D eigenvalue weighted by atomic mass is 16.2. The van der Waals surface area contributed by atoms with E-state index in [-0.39, 0.29) is 16.8 Å². The second-order valence-corrected chi connectivity index (χ2v) is 9.53. The van der Waals surface area contributed by atoms with E-state index in [1.54, 1.807) is 0 Å². The minimum atomic E-state index is -0.598. The molecule has 0 saturated carbocycles. The van der Waals surface area contributed by atoms with Crippen molar-refractivity contribution in [1.82, 2.24) is 19.4 Å². The fraction of sp³-hybridized carbons (Fsp3) is 0.207. The van der Waals surface area contributed by atoms with E-state index in [1.165, 1.54) is 0 Å². The highest BCUT2D eigenvalue weighted by Gasteiger charge is 2.53. The first-order valence-electron chi connectivity index (χ1n) is 12.4. The van der Waals surface area contributed by atoms with Gasteiger partial charge in [-0.25, -0.2) is 14.3 Å². The van der Waals surface area contributed by atoms with Crippen molar-refractivity contribution >= 4 is 39.4 Å². The van der Waals surface area contributed by atoms with Crippen LogP contribution < -0.4 is 10.2 Å². The van der Waals surface area contributed by atoms with Crippen LogP contribution in [0.3, 0.4) is 0 Å². The molecular formula is C29H28N5O2+. The smallest absolute Gasteiger partial charge is 0.319 e. The number of H-pyrrole nitrogens is 2. The lowest BCUT2D eigenvalue weighted by Gasteiger charge is -2.36. The number of fused-ring (bicyclic) bond motifs is 2. The van der Waals surface area contributed by atoms with Crippen molar-refractivity contribution in [1.29, 1.82) is 0 Å². The maximum absolute atomic E-state index is 14.1. The number of nitrogens with one attached hydrogen (secondary N) is 2. The van der Waals surface area contributed by atoms with E-state index in [0.29, 0.717) is 19.4 Å². The number of imidazole rings is 1. The third-order valence-electron chi connectivity index (χ3n) is 7.46. The van der Waals surface area contributed by atoms with Gasteiger partial charge in [0.15, 0.2) is 6.04 Å². The van der Waals surface area contributed by atoms with Crippen LogP contribution in [-0.2, 0) is 16.0 Å². The minimum absolute atomic E-state index is 0.0136. The number of primary amides is 1. The van der Waals surface area contributed by atoms with Crippen LogP contribution in [0.25, 0.3) is 33.2 Å². The van der Waals surface area contributed by atoms with Crippen molar-refractivity contribution in [2.45, 2.75) is 31.7 Å². The lowest BCUT2D eigenvalue weighted by molar-refractivity contribution is -0.136. The minimum Gasteiger partial charge on any atom is -0.364 e. The number of para-hydroxylation sites is 4. The van der Waals surface area contributed by atoms with Crippen LogP contribution in [0.15, 0.2) is 78.9 Å². The standard InChI is InChI=1S/C29H27N5O2/c30-29(36)26-14-7-17-34(26,28(35)16-15-27-32-22-11-4-5-12-23(22)33-27)25-13-6-2-9-20(25)24-18-19-8-1-3-10-21(19)31-24/h1-6,8-13,18,26,31H,7,14-17H2,(H2-,30,32,33,36)/p+1/t26-,34?/m0/s1. The number of benzene rings is 3. The van der Waals surface area contributed by atoms with E-state index in [2.05, 4.69) is 27.1 Å². The van der Waals surface area contributed by atoms with Crippen LogP contribution in [0, 0.1) is 0 Å². The molecule has 0 spiro atoms. The van der Waals surface area contributed by atoms with Gasteiger partial charge < -0.3 is 15.7 Å². The zero-order valence-electron chi connectivity index (χ0n) is 19.9. The van der Waals surface area contributed by atoms with Gasteiger partial charge in [0.2, 0.25) is 0 Å². The number of aromatic amines is 2. The molecule has 0 aliphatic carbocycles. The number of aromatic nitrogens is 3. The molecule has 4 N–H and O–H groups in total. The van der Waals surface area contributed by atoms with Gasteiger partial charge in [0.25, 0.3) is 5.91 Å². The Morgan fingerprint density at radius 1 is 0.944 bits per heavy atom. The van der Waals surface area contributed by atoms with Crippen molar-refractivity contribution in [3.05, 3.63) is 84.7 Å². The summed E-state index contributed by atoms with van der Waals surface area (Å²) in [6.45, 7) is 0.545. The largest absolute Gasteiger partial charge is 0.364 e. The number of carbonyl (C=O) groups is 2. The number of nitrogens with zero attached hydrogens (tertiary/aromatic N) is 2. The Labute approximate surface area is 208 Å². The van der Waals surface area contributed by atoms with Crippen LogP contribution in [0.4, 0.5) is 5.69 Å². The monoisotopic (exact) mass is 478 g/mol. The molecule has 2 amide bonds. The Morgan fingerprint density at radius 2 is 1.69 bits per heavy atom. The number of aryl methyl sites for hydroxylation is 1. The summed E-state index contributed by atoms with van der Waals surface area (Å²) in [7, 11) is 0. The number of hydrogen-bond acceptors (Lipinski definition) is 3. The molecule has 1 aliphatic heterocycles. The molecule has 7 heteroatoms. The number of likely N-dealkylation sites (tertiary alicyclic amines) is 1. The molecule has 36 heavy (non-hydrogen) atoms. The fourth-order valence-corrected chi connectivity index (χ4v) is 5.81. The van der Waals surface area contributed by atoms with Gasteiger partial charge in [-0.1, -0.05) is 42.5 Å². The predicted molar refractivity (Wildman–Crippen MR) is 142 cm³/mol. The maximum atomic E-state index is 14.1. The first-order chi connectivity index (χ1) is 17.6. The van der Waals surface area contributed by atoms with Crippen molar-refractivity contribution < 1.29 is 9.59 Å². The molecule has 180 valence electrons. The van der Waals surface area contributed by atoms with Crippen LogP contribution in [-0.4, -0.2) is 39.4 Å². The van der Waals surface area contributed by atoms with Crippen molar-refractivity contribution in [3.63, 3.8) is 0 Å². The molecular weight excluding hydrogens is 450 g/mol. The number of nitrogens with two attached hydrogens (primary N) is 1. The van der Waals surface area contributed by atoms with Crippen molar-refractivity contribution in [2.24, 2.45) is 5.73 Å². The average Bonchev–Trinajstić information content (AvgIpc) is 3.63. The van der Waals surface area contributed by atoms with Crippen LogP contribution in [0.1, 0.15) is 25.1 Å². The highest BCUT2D eigenvalue weighted by Crippen LogP contribution is 2.42. The highest BCUT2D eigenvalue weighted by molar-refractivity contribution is 6.00. The second kappa shape index (κ2) is 8.77. The number of carbonyl (C=O) groups excluding carboxylic acids is 2. The Morgan fingerprint density at radius 3 is 2.50 bits per heavy atom. The summed E-state index contributed by atoms with van der Waals surface area (Å²) in [5.74, 6) is 0.317. The number of rotatable bonds is 6. The second-order valence-electron chi connectivity index (χ2n) is 9.53. The van der Waals surface area contributed by atoms with Gasteiger partial charge in [-0.2, -0.15) is 0 Å². The molecule has 0 bridgehead atoms. The summed E-state index contributed by atoms with van der Waals surface area (Å²) in [6, 6.07) is 25.3. The summed E-state index contributed by atoms with van der Waals surface area (Å²) in [5, 5.41) is 1.10. The molecule has 1 saturated heterocycles. The summed E-state index contributed by atoms with van der Waals surface area (Å²) < 4.78 is -0.0545. The van der Waals surface area contributed by atoms with E-state index in [1.807, 2.05) is 66.7 Å². The van der Waals surface area contributed by atoms with E-state index >= 15 is 0 Å². The zero-order valence-corrected chi connectivity index (χ0v) is 19.9. The van der Waals surface area contributed by atoms with Gasteiger partial charge in [-0.15, -0.1) is 0 Å². The SMILES string of the molecule is NC(=O)[C@@H]1CCC[N+]1(C(=O)CCc1nc2ccccc2[nH]1)c1ccccc1-c1cc2ccccc2[nH]1. The lowest BCUT2D eigenvalue weighted by Crippen LogP contribution is -2.62. The van der Waals surface area contributed by atoms with Crippen molar-refractivity contribution in [3.8, 4) is 11.3 Å². The van der Waals surface area contributed by atoms with E-state index in [0.717, 1.165) is 51.1 Å². The Kier molecular flexibility index (Phi) is 5.42. The molecule has 6 rings (SSSR count). The molecule has 2 aromatic heterocycles. The molecule has 1 aliphatic rings. The van der Waals surface area contributed by atoms with E-state index < -0.39 is 11.9 Å². The van der Waals surface area contributed by atoms with Crippen LogP contribution in [0.5, 0.6) is 0 Å². The van der Waals surface area contributed by atoms with Crippen LogP contribution >= 0.6 is 0 Å². The van der Waals surface area contributed by atoms with E-state index in [9.17, 15) is 9.59 Å². The van der Waals surface area contributed by atoms with Gasteiger partial charge >= 0.3 is 5.91 Å². The van der Waals surface area contributed by atoms with Crippen LogP contribution in [0.2, 0.25) is 0 Å². The Bertz CT molecular complexity index is 1530. The maximum Gasteiger partial charge on any atom is 0.319 e. The van der Waals surface area contributed by atoms with Gasteiger partial charge in [0.05, 0.1) is 35.3 Å². The topological polar surface area (TPSA) is 105 Å². The van der Waals surface area contributed by atoms with Crippen molar-refractivity contribution in [2.75, 3.05) is 6.54 Å². The predicted octanol–water partition coefficient (Wildman–Crippen LogP) is 4.83. The molecule has 7 nitrogen and oxygen atoms in total. The first-order valence-corrected chi connectivity index (χ1v) is 12.4. The summed E-state index contributed by atoms with van der Waals surface area (Å²) in [4.78, 5) is 38.3. The molecule has 3 heterocycles. The lowest BCUT2D eigenvalue weighted by atomic mass is 10.0. The first kappa shape index (κ1) is 22.2. The molecule has 1 fully saturated rings. The summed E-state index contributed by atoms with van der Waals surface area (Å²) in [6.07, 6.45) is 2.07. The normalized spacial score (nSPS) is 19.7. The van der Waals surface area contributed by atoms with Gasteiger partial charge in [-0.05, 0) is 30.3 Å². The summed E-state index contributed by atoms with van der Waals surface area (Å²) in [5.41, 5.74) is 11.4. The zero-order chi connectivity index (χ0) is 24.7.